The summed E-state index contributed by atoms with van der Waals surface area (Å²) in [6, 6.07) is 0. The molecule has 0 saturated heterocycles. The molecule has 1 aromatic rings. The first-order chi connectivity index (χ1) is 5.17. The summed E-state index contributed by atoms with van der Waals surface area (Å²) in [7, 11) is -3.12. The average Bonchev–Trinajstić information content (AvgIpc) is 2.06. The lowest BCUT2D eigenvalue weighted by atomic mass is 10.7. The summed E-state index contributed by atoms with van der Waals surface area (Å²) in [5.74, 6) is 0.0837. The minimum absolute atomic E-state index is 0.0837. The van der Waals surface area contributed by atoms with E-state index < -0.39 is 9.84 Å². The van der Waals surface area contributed by atoms with Crippen LogP contribution in [0.5, 0.6) is 0 Å². The third-order valence-electron chi connectivity index (χ3n) is 1.28. The van der Waals surface area contributed by atoms with Crippen LogP contribution in [0.1, 0.15) is 6.92 Å². The standard InChI is InChI=1S/C6H8N2O2S/c1-2-11(9,10)6-3-7-5-8-4-6/h3-5H,2H2,1H3. The van der Waals surface area contributed by atoms with E-state index in [1.165, 1.54) is 18.7 Å². The monoisotopic (exact) mass is 172 g/mol. The van der Waals surface area contributed by atoms with Crippen molar-refractivity contribution in [3.05, 3.63) is 18.7 Å². The molecule has 1 aromatic heterocycles. The Balaban J connectivity index is 3.14. The summed E-state index contributed by atoms with van der Waals surface area (Å²) in [6.07, 6.45) is 3.90. The number of nitrogens with zero attached hydrogens (tertiary/aromatic N) is 2. The highest BCUT2D eigenvalue weighted by atomic mass is 32.2. The van der Waals surface area contributed by atoms with E-state index in [9.17, 15) is 8.42 Å². The second-order valence-electron chi connectivity index (χ2n) is 1.98. The number of aromatic nitrogens is 2. The van der Waals surface area contributed by atoms with Gasteiger partial charge in [0.05, 0.1) is 5.75 Å². The molecule has 1 rings (SSSR count). The molecular weight excluding hydrogens is 164 g/mol. The minimum Gasteiger partial charge on any atom is -0.243 e. The Morgan fingerprint density at radius 2 is 1.91 bits per heavy atom. The molecule has 0 amide bonds. The van der Waals surface area contributed by atoms with Crippen LogP contribution in [0.4, 0.5) is 0 Å². The maximum Gasteiger partial charge on any atom is 0.181 e. The van der Waals surface area contributed by atoms with Crippen LogP contribution in [0.3, 0.4) is 0 Å². The van der Waals surface area contributed by atoms with Crippen LogP contribution in [0, 0.1) is 0 Å². The number of sulfone groups is 1. The lowest BCUT2D eigenvalue weighted by Gasteiger charge is -1.96. The first-order valence-corrected chi connectivity index (χ1v) is 4.80. The second-order valence-corrected chi connectivity index (χ2v) is 4.26. The number of hydrogen-bond acceptors (Lipinski definition) is 4. The second kappa shape index (κ2) is 2.96. The van der Waals surface area contributed by atoms with E-state index in [4.69, 9.17) is 0 Å². The van der Waals surface area contributed by atoms with Crippen molar-refractivity contribution >= 4 is 9.84 Å². The van der Waals surface area contributed by atoms with E-state index in [0.717, 1.165) is 0 Å². The topological polar surface area (TPSA) is 59.9 Å². The average molecular weight is 172 g/mol. The molecule has 0 bridgehead atoms. The molecule has 1 heterocycles. The Morgan fingerprint density at radius 1 is 1.36 bits per heavy atom. The van der Waals surface area contributed by atoms with Gasteiger partial charge in [-0.1, -0.05) is 6.92 Å². The summed E-state index contributed by atoms with van der Waals surface area (Å²) in [6.45, 7) is 1.59. The zero-order chi connectivity index (χ0) is 8.32. The lowest BCUT2D eigenvalue weighted by molar-refractivity contribution is 0.596. The van der Waals surface area contributed by atoms with Crippen LogP contribution in [0.15, 0.2) is 23.6 Å². The van der Waals surface area contributed by atoms with Crippen LogP contribution in [0.25, 0.3) is 0 Å². The number of hydrogen-bond donors (Lipinski definition) is 0. The van der Waals surface area contributed by atoms with Gasteiger partial charge < -0.3 is 0 Å². The van der Waals surface area contributed by atoms with Gasteiger partial charge in [-0.2, -0.15) is 0 Å². The molecule has 5 heteroatoms. The predicted molar refractivity (Wildman–Crippen MR) is 39.8 cm³/mol. The third-order valence-corrected chi connectivity index (χ3v) is 2.97. The molecule has 0 aromatic carbocycles. The third kappa shape index (κ3) is 1.74. The van der Waals surface area contributed by atoms with Crippen LogP contribution in [0.2, 0.25) is 0 Å². The van der Waals surface area contributed by atoms with Gasteiger partial charge in [0.25, 0.3) is 0 Å². The van der Waals surface area contributed by atoms with Crippen LogP contribution < -0.4 is 0 Å². The normalized spacial score (nSPS) is 11.4. The summed E-state index contributed by atoms with van der Waals surface area (Å²) >= 11 is 0. The molecule has 0 N–H and O–H groups in total. The largest absolute Gasteiger partial charge is 0.243 e. The molecule has 0 radical (unpaired) electrons. The zero-order valence-corrected chi connectivity index (χ0v) is 6.87. The smallest absolute Gasteiger partial charge is 0.181 e. The van der Waals surface area contributed by atoms with Gasteiger partial charge in [0, 0.05) is 12.4 Å². The Morgan fingerprint density at radius 3 is 2.36 bits per heavy atom. The summed E-state index contributed by atoms with van der Waals surface area (Å²) < 4.78 is 22.2. The molecule has 11 heavy (non-hydrogen) atoms. The Bertz CT molecular complexity index is 320. The van der Waals surface area contributed by atoms with E-state index in [-0.39, 0.29) is 10.6 Å². The van der Waals surface area contributed by atoms with Crippen molar-refractivity contribution in [1.29, 1.82) is 0 Å². The maximum atomic E-state index is 11.1. The van der Waals surface area contributed by atoms with E-state index >= 15 is 0 Å². The highest BCUT2D eigenvalue weighted by Gasteiger charge is 2.10. The highest BCUT2D eigenvalue weighted by Crippen LogP contribution is 2.05. The van der Waals surface area contributed by atoms with Gasteiger partial charge >= 0.3 is 0 Å². The van der Waals surface area contributed by atoms with Gasteiger partial charge in [-0.25, -0.2) is 18.4 Å². The minimum atomic E-state index is -3.12. The van der Waals surface area contributed by atoms with Gasteiger partial charge in [0.1, 0.15) is 11.2 Å². The van der Waals surface area contributed by atoms with Crippen molar-refractivity contribution in [2.75, 3.05) is 5.75 Å². The summed E-state index contributed by atoms with van der Waals surface area (Å²) in [5, 5.41) is 0. The van der Waals surface area contributed by atoms with Gasteiger partial charge in [-0.05, 0) is 0 Å². The molecule has 0 unspecified atom stereocenters. The molecule has 0 aliphatic heterocycles. The Kier molecular flexibility index (Phi) is 2.19. The molecular formula is C6H8N2O2S. The van der Waals surface area contributed by atoms with E-state index in [2.05, 4.69) is 9.97 Å². The zero-order valence-electron chi connectivity index (χ0n) is 6.06. The van der Waals surface area contributed by atoms with Crippen molar-refractivity contribution in [2.24, 2.45) is 0 Å². The van der Waals surface area contributed by atoms with Crippen molar-refractivity contribution in [3.8, 4) is 0 Å². The lowest BCUT2D eigenvalue weighted by Crippen LogP contribution is -2.04. The Labute approximate surface area is 65.2 Å². The fraction of sp³-hybridized carbons (Fsp3) is 0.333. The van der Waals surface area contributed by atoms with Gasteiger partial charge in [0.15, 0.2) is 9.84 Å². The van der Waals surface area contributed by atoms with E-state index in [1.54, 1.807) is 6.92 Å². The van der Waals surface area contributed by atoms with Gasteiger partial charge in [-0.3, -0.25) is 0 Å². The molecule has 60 valence electrons. The fourth-order valence-electron chi connectivity index (χ4n) is 0.613. The maximum absolute atomic E-state index is 11.1. The van der Waals surface area contributed by atoms with E-state index in [1.807, 2.05) is 0 Å². The quantitative estimate of drug-likeness (QED) is 0.642. The van der Waals surface area contributed by atoms with Crippen molar-refractivity contribution in [2.45, 2.75) is 11.8 Å². The van der Waals surface area contributed by atoms with Crippen LogP contribution in [-0.4, -0.2) is 24.1 Å². The summed E-state index contributed by atoms with van der Waals surface area (Å²) in [5.41, 5.74) is 0. The van der Waals surface area contributed by atoms with Gasteiger partial charge in [-0.15, -0.1) is 0 Å². The van der Waals surface area contributed by atoms with Crippen LogP contribution in [-0.2, 0) is 9.84 Å². The van der Waals surface area contributed by atoms with Crippen molar-refractivity contribution < 1.29 is 8.42 Å². The highest BCUT2D eigenvalue weighted by molar-refractivity contribution is 7.91. The molecule has 0 aliphatic rings. The Hall–Kier alpha value is -0.970. The first kappa shape index (κ1) is 8.13. The van der Waals surface area contributed by atoms with Gasteiger partial charge in [0.2, 0.25) is 0 Å². The summed E-state index contributed by atoms with van der Waals surface area (Å²) in [4.78, 5) is 7.40. The first-order valence-electron chi connectivity index (χ1n) is 3.14. The van der Waals surface area contributed by atoms with Crippen molar-refractivity contribution in [3.63, 3.8) is 0 Å². The molecule has 0 fully saturated rings. The molecule has 4 nitrogen and oxygen atoms in total. The molecule has 0 atom stereocenters. The fourth-order valence-corrected chi connectivity index (χ4v) is 1.39. The van der Waals surface area contributed by atoms with Crippen molar-refractivity contribution in [1.82, 2.24) is 9.97 Å². The molecule has 0 aliphatic carbocycles. The number of rotatable bonds is 2. The SMILES string of the molecule is CCS(=O)(=O)c1cncnc1. The molecule has 0 spiro atoms. The predicted octanol–water partition coefficient (Wildman–Crippen LogP) is 0.270. The molecule has 0 saturated carbocycles. The van der Waals surface area contributed by atoms with Crippen LogP contribution >= 0.6 is 0 Å². The van der Waals surface area contributed by atoms with E-state index in [0.29, 0.717) is 0 Å².